The monoisotopic (exact) mass is 268 g/mol. The molecular weight excluding hydrogens is 248 g/mol. The minimum atomic E-state index is 0.325. The maximum Gasteiger partial charge on any atom is 0.123 e. The van der Waals surface area contributed by atoms with Crippen molar-refractivity contribution in [3.05, 3.63) is 28.8 Å². The molecule has 3 N–H and O–H groups in total. The van der Waals surface area contributed by atoms with Crippen molar-refractivity contribution in [3.63, 3.8) is 0 Å². The van der Waals surface area contributed by atoms with Gasteiger partial charge < -0.3 is 15.8 Å². The summed E-state index contributed by atoms with van der Waals surface area (Å²) in [5.74, 6) is 0.877. The smallest absolute Gasteiger partial charge is 0.123 e. The number of methoxy groups -OCH3 is 1. The molecule has 1 aliphatic rings. The fraction of sp³-hybridized carbons (Fsp3) is 0.571. The van der Waals surface area contributed by atoms with E-state index in [4.69, 9.17) is 22.1 Å². The van der Waals surface area contributed by atoms with Gasteiger partial charge in [-0.05, 0) is 43.0 Å². The zero-order valence-corrected chi connectivity index (χ0v) is 11.6. The van der Waals surface area contributed by atoms with Gasteiger partial charge in [0.1, 0.15) is 5.75 Å². The standard InChI is InChI=1S/C14H21ClN2O/c1-18-13-4-3-12(15)7-11(13)8-17-10-14(9-16)5-2-6-14/h3-4,7,17H,2,5-6,8-10,16H2,1H3. The molecular formula is C14H21ClN2O. The van der Waals surface area contributed by atoms with E-state index in [1.807, 2.05) is 18.2 Å². The van der Waals surface area contributed by atoms with Gasteiger partial charge >= 0.3 is 0 Å². The topological polar surface area (TPSA) is 47.3 Å². The first-order chi connectivity index (χ1) is 8.69. The van der Waals surface area contributed by atoms with Crippen LogP contribution < -0.4 is 15.8 Å². The Labute approximate surface area is 114 Å². The number of benzene rings is 1. The van der Waals surface area contributed by atoms with Crippen LogP contribution in [0.1, 0.15) is 24.8 Å². The molecule has 0 aliphatic heterocycles. The fourth-order valence-corrected chi connectivity index (χ4v) is 2.67. The molecule has 1 aromatic rings. The summed E-state index contributed by atoms with van der Waals surface area (Å²) in [6.45, 7) is 2.51. The molecule has 0 bridgehead atoms. The molecule has 1 aromatic carbocycles. The van der Waals surface area contributed by atoms with Crippen LogP contribution in [0.25, 0.3) is 0 Å². The van der Waals surface area contributed by atoms with Gasteiger partial charge in [-0.25, -0.2) is 0 Å². The molecule has 0 unspecified atom stereocenters. The summed E-state index contributed by atoms with van der Waals surface area (Å²) in [7, 11) is 1.68. The molecule has 0 atom stereocenters. The predicted octanol–water partition coefficient (Wildman–Crippen LogP) is 2.57. The van der Waals surface area contributed by atoms with Crippen molar-refractivity contribution in [2.75, 3.05) is 20.2 Å². The molecule has 0 spiro atoms. The molecule has 2 rings (SSSR count). The van der Waals surface area contributed by atoms with Crippen LogP contribution in [0.15, 0.2) is 18.2 Å². The van der Waals surface area contributed by atoms with E-state index in [9.17, 15) is 0 Å². The number of halogens is 1. The first kappa shape index (κ1) is 13.7. The molecule has 4 heteroatoms. The zero-order chi connectivity index (χ0) is 13.0. The Morgan fingerprint density at radius 2 is 2.22 bits per heavy atom. The van der Waals surface area contributed by atoms with Gasteiger partial charge in [0.2, 0.25) is 0 Å². The molecule has 1 fully saturated rings. The minimum Gasteiger partial charge on any atom is -0.496 e. The molecule has 0 heterocycles. The molecule has 0 amide bonds. The van der Waals surface area contributed by atoms with Crippen LogP contribution in [0.2, 0.25) is 5.02 Å². The van der Waals surface area contributed by atoms with E-state index in [-0.39, 0.29) is 0 Å². The van der Waals surface area contributed by atoms with Crippen molar-refractivity contribution < 1.29 is 4.74 Å². The molecule has 18 heavy (non-hydrogen) atoms. The maximum absolute atomic E-state index is 6.01. The van der Waals surface area contributed by atoms with E-state index in [0.717, 1.165) is 36.0 Å². The highest BCUT2D eigenvalue weighted by atomic mass is 35.5. The summed E-state index contributed by atoms with van der Waals surface area (Å²) >= 11 is 6.01. The number of hydrogen-bond acceptors (Lipinski definition) is 3. The van der Waals surface area contributed by atoms with E-state index >= 15 is 0 Å². The van der Waals surface area contributed by atoms with Crippen LogP contribution in [0, 0.1) is 5.41 Å². The molecule has 0 saturated heterocycles. The molecule has 0 aromatic heterocycles. The summed E-state index contributed by atoms with van der Waals surface area (Å²) in [6.07, 6.45) is 3.78. The summed E-state index contributed by atoms with van der Waals surface area (Å²) in [6, 6.07) is 5.70. The van der Waals surface area contributed by atoms with E-state index in [2.05, 4.69) is 5.32 Å². The van der Waals surface area contributed by atoms with Gasteiger partial charge in [-0.15, -0.1) is 0 Å². The third-order valence-corrected chi connectivity index (χ3v) is 4.14. The van der Waals surface area contributed by atoms with E-state index in [0.29, 0.717) is 5.41 Å². The maximum atomic E-state index is 6.01. The van der Waals surface area contributed by atoms with Crippen molar-refractivity contribution in [1.82, 2.24) is 5.32 Å². The molecule has 100 valence electrons. The van der Waals surface area contributed by atoms with Crippen LogP contribution in [0.4, 0.5) is 0 Å². The number of ether oxygens (including phenoxy) is 1. The lowest BCUT2D eigenvalue weighted by atomic mass is 9.69. The molecule has 1 aliphatic carbocycles. The average Bonchev–Trinajstić information content (AvgIpc) is 2.33. The normalized spacial score (nSPS) is 17.3. The van der Waals surface area contributed by atoms with E-state index < -0.39 is 0 Å². The lowest BCUT2D eigenvalue weighted by Crippen LogP contribution is -2.45. The van der Waals surface area contributed by atoms with Crippen LogP contribution in [0.5, 0.6) is 5.75 Å². The quantitative estimate of drug-likeness (QED) is 0.834. The largest absolute Gasteiger partial charge is 0.496 e. The van der Waals surface area contributed by atoms with Crippen molar-refractivity contribution in [2.24, 2.45) is 11.1 Å². The van der Waals surface area contributed by atoms with Gasteiger partial charge in [0.25, 0.3) is 0 Å². The Hall–Kier alpha value is -0.770. The second-order valence-electron chi connectivity index (χ2n) is 5.12. The number of hydrogen-bond donors (Lipinski definition) is 2. The van der Waals surface area contributed by atoms with Crippen molar-refractivity contribution in [1.29, 1.82) is 0 Å². The highest BCUT2D eigenvalue weighted by molar-refractivity contribution is 6.30. The fourth-order valence-electron chi connectivity index (χ4n) is 2.48. The van der Waals surface area contributed by atoms with Crippen LogP contribution in [-0.4, -0.2) is 20.2 Å². The zero-order valence-electron chi connectivity index (χ0n) is 10.8. The molecule has 0 radical (unpaired) electrons. The van der Waals surface area contributed by atoms with E-state index in [1.165, 1.54) is 19.3 Å². The summed E-state index contributed by atoms with van der Waals surface area (Å²) < 4.78 is 5.33. The molecule has 1 saturated carbocycles. The summed E-state index contributed by atoms with van der Waals surface area (Å²) in [4.78, 5) is 0. The van der Waals surface area contributed by atoms with Crippen molar-refractivity contribution >= 4 is 11.6 Å². The number of rotatable bonds is 6. The summed E-state index contributed by atoms with van der Waals surface area (Å²) in [5.41, 5.74) is 7.26. The van der Waals surface area contributed by atoms with Gasteiger partial charge in [-0.2, -0.15) is 0 Å². The number of nitrogens with one attached hydrogen (secondary N) is 1. The third kappa shape index (κ3) is 2.97. The molecule has 3 nitrogen and oxygen atoms in total. The van der Waals surface area contributed by atoms with Gasteiger partial charge in [-0.3, -0.25) is 0 Å². The van der Waals surface area contributed by atoms with Crippen molar-refractivity contribution in [2.45, 2.75) is 25.8 Å². The Morgan fingerprint density at radius 3 is 2.78 bits per heavy atom. The Kier molecular flexibility index (Phi) is 4.49. The SMILES string of the molecule is COc1ccc(Cl)cc1CNCC1(CN)CCC1. The van der Waals surface area contributed by atoms with Gasteiger partial charge in [0.15, 0.2) is 0 Å². The van der Waals surface area contributed by atoms with Gasteiger partial charge in [-0.1, -0.05) is 18.0 Å². The lowest BCUT2D eigenvalue weighted by molar-refractivity contribution is 0.140. The third-order valence-electron chi connectivity index (χ3n) is 3.91. The summed E-state index contributed by atoms with van der Waals surface area (Å²) in [5, 5.41) is 4.22. The van der Waals surface area contributed by atoms with E-state index in [1.54, 1.807) is 7.11 Å². The Bertz CT molecular complexity index is 399. The van der Waals surface area contributed by atoms with Crippen LogP contribution >= 0.6 is 11.6 Å². The first-order valence-electron chi connectivity index (χ1n) is 6.42. The second-order valence-corrected chi connectivity index (χ2v) is 5.55. The number of nitrogens with two attached hydrogens (primary N) is 1. The second kappa shape index (κ2) is 5.91. The highest BCUT2D eigenvalue weighted by Crippen LogP contribution is 2.39. The van der Waals surface area contributed by atoms with Crippen LogP contribution in [-0.2, 0) is 6.54 Å². The lowest BCUT2D eigenvalue weighted by Gasteiger charge is -2.41. The first-order valence-corrected chi connectivity index (χ1v) is 6.80. The highest BCUT2D eigenvalue weighted by Gasteiger charge is 2.34. The van der Waals surface area contributed by atoms with Crippen LogP contribution in [0.3, 0.4) is 0 Å². The Balaban J connectivity index is 1.91. The van der Waals surface area contributed by atoms with Gasteiger partial charge in [0.05, 0.1) is 7.11 Å². The minimum absolute atomic E-state index is 0.325. The van der Waals surface area contributed by atoms with Crippen molar-refractivity contribution in [3.8, 4) is 5.75 Å². The predicted molar refractivity (Wildman–Crippen MR) is 75.0 cm³/mol. The Morgan fingerprint density at radius 1 is 1.44 bits per heavy atom. The average molecular weight is 269 g/mol. The van der Waals surface area contributed by atoms with Gasteiger partial charge in [0, 0.05) is 23.7 Å².